The fourth-order valence-electron chi connectivity index (χ4n) is 2.98. The lowest BCUT2D eigenvalue weighted by molar-refractivity contribution is 0.121. The second kappa shape index (κ2) is 4.97. The van der Waals surface area contributed by atoms with Crippen LogP contribution in [0.2, 0.25) is 0 Å². The van der Waals surface area contributed by atoms with Crippen LogP contribution in [0.1, 0.15) is 19.8 Å². The molecule has 1 fully saturated rings. The van der Waals surface area contributed by atoms with E-state index in [9.17, 15) is 4.39 Å². The Morgan fingerprint density at radius 1 is 1.35 bits per heavy atom. The molecular formula is C15H20FN3S. The molecule has 1 aromatic carbocycles. The highest BCUT2D eigenvalue weighted by Crippen LogP contribution is 2.33. The van der Waals surface area contributed by atoms with Gasteiger partial charge in [-0.1, -0.05) is 6.92 Å². The molecule has 1 aliphatic rings. The highest BCUT2D eigenvalue weighted by molar-refractivity contribution is 7.71. The number of fused-ring (bicyclic) bond motifs is 1. The lowest BCUT2D eigenvalue weighted by Crippen LogP contribution is -2.38. The van der Waals surface area contributed by atoms with Crippen LogP contribution >= 0.6 is 12.2 Å². The normalized spacial score (nSPS) is 19.6. The molecule has 0 atom stereocenters. The molecule has 3 rings (SSSR count). The first-order valence-electron chi connectivity index (χ1n) is 7.03. The van der Waals surface area contributed by atoms with E-state index in [1.54, 1.807) is 12.1 Å². The van der Waals surface area contributed by atoms with Gasteiger partial charge in [-0.3, -0.25) is 0 Å². The van der Waals surface area contributed by atoms with Crippen LogP contribution in [0.15, 0.2) is 18.2 Å². The number of benzene rings is 1. The number of nitrogens with one attached hydrogen (secondary N) is 1. The number of halogens is 1. The number of H-pyrrole nitrogens is 1. The smallest absolute Gasteiger partial charge is 0.178 e. The molecule has 0 aliphatic carbocycles. The number of rotatable bonds is 2. The molecule has 0 saturated carbocycles. The van der Waals surface area contributed by atoms with Gasteiger partial charge >= 0.3 is 0 Å². The minimum atomic E-state index is -0.214. The highest BCUT2D eigenvalue weighted by Gasteiger charge is 2.30. The van der Waals surface area contributed by atoms with Crippen molar-refractivity contribution < 1.29 is 4.39 Å². The van der Waals surface area contributed by atoms with Gasteiger partial charge in [-0.15, -0.1) is 0 Å². The number of piperidine rings is 1. The van der Waals surface area contributed by atoms with Crippen LogP contribution in [-0.4, -0.2) is 34.6 Å². The molecule has 0 amide bonds. The molecular weight excluding hydrogens is 273 g/mol. The molecule has 1 saturated heterocycles. The summed E-state index contributed by atoms with van der Waals surface area (Å²) in [6.45, 7) is 5.38. The molecule has 0 radical (unpaired) electrons. The monoisotopic (exact) mass is 293 g/mol. The minimum Gasteiger partial charge on any atom is -0.331 e. The van der Waals surface area contributed by atoms with Crippen molar-refractivity contribution >= 4 is 23.3 Å². The molecule has 20 heavy (non-hydrogen) atoms. The van der Waals surface area contributed by atoms with Crippen LogP contribution in [0.4, 0.5) is 4.39 Å². The summed E-state index contributed by atoms with van der Waals surface area (Å²) in [4.78, 5) is 5.53. The Morgan fingerprint density at radius 2 is 2.05 bits per heavy atom. The van der Waals surface area contributed by atoms with Crippen molar-refractivity contribution in [2.75, 3.05) is 20.1 Å². The third kappa shape index (κ3) is 2.52. The van der Waals surface area contributed by atoms with Gasteiger partial charge in [-0.2, -0.15) is 0 Å². The molecule has 2 heterocycles. The molecule has 1 aromatic heterocycles. The minimum absolute atomic E-state index is 0.214. The van der Waals surface area contributed by atoms with Crippen molar-refractivity contribution in [3.63, 3.8) is 0 Å². The molecule has 3 nitrogen and oxygen atoms in total. The molecule has 0 unspecified atom stereocenters. The van der Waals surface area contributed by atoms with Gasteiger partial charge < -0.3 is 14.5 Å². The van der Waals surface area contributed by atoms with Crippen molar-refractivity contribution in [3.8, 4) is 0 Å². The Morgan fingerprint density at radius 3 is 2.75 bits per heavy atom. The highest BCUT2D eigenvalue weighted by atomic mass is 32.1. The number of imidazole rings is 1. The standard InChI is InChI=1S/C15H20FN3S/c1-15(5-7-18(2)8-6-15)10-19-13-9-11(16)3-4-12(13)17-14(19)20/h3-4,9H,5-8,10H2,1-2H3,(H,17,20). The van der Waals surface area contributed by atoms with E-state index in [0.717, 1.165) is 43.5 Å². The van der Waals surface area contributed by atoms with Gasteiger partial charge in [0, 0.05) is 6.54 Å². The lowest BCUT2D eigenvalue weighted by atomic mass is 9.80. The first-order valence-corrected chi connectivity index (χ1v) is 7.44. The van der Waals surface area contributed by atoms with Crippen molar-refractivity contribution in [2.45, 2.75) is 26.3 Å². The Labute approximate surface area is 123 Å². The van der Waals surface area contributed by atoms with E-state index in [4.69, 9.17) is 12.2 Å². The number of hydrogen-bond donors (Lipinski definition) is 1. The third-order valence-electron chi connectivity index (χ3n) is 4.47. The second-order valence-electron chi connectivity index (χ2n) is 6.29. The Hall–Kier alpha value is -1.20. The maximum Gasteiger partial charge on any atom is 0.178 e. The van der Waals surface area contributed by atoms with Crippen LogP contribution < -0.4 is 0 Å². The van der Waals surface area contributed by atoms with Crippen LogP contribution in [0.3, 0.4) is 0 Å². The fourth-order valence-corrected chi connectivity index (χ4v) is 3.25. The third-order valence-corrected chi connectivity index (χ3v) is 4.79. The van der Waals surface area contributed by atoms with Gasteiger partial charge in [0.2, 0.25) is 0 Å². The topological polar surface area (TPSA) is 24.0 Å². The number of aromatic amines is 1. The molecule has 0 spiro atoms. The summed E-state index contributed by atoms with van der Waals surface area (Å²) < 4.78 is 16.2. The summed E-state index contributed by atoms with van der Waals surface area (Å²) in [5.74, 6) is -0.214. The SMILES string of the molecule is CN1CCC(C)(Cn2c(=S)[nH]c3ccc(F)cc32)CC1. The van der Waals surface area contributed by atoms with Crippen LogP contribution in [0, 0.1) is 16.0 Å². The van der Waals surface area contributed by atoms with Gasteiger partial charge in [0.15, 0.2) is 4.77 Å². The van der Waals surface area contributed by atoms with E-state index < -0.39 is 0 Å². The predicted molar refractivity (Wildman–Crippen MR) is 81.9 cm³/mol. The molecule has 0 bridgehead atoms. The first-order chi connectivity index (χ1) is 9.47. The van der Waals surface area contributed by atoms with Gasteiger partial charge in [0.25, 0.3) is 0 Å². The number of likely N-dealkylation sites (tertiary alicyclic amines) is 1. The fraction of sp³-hybridized carbons (Fsp3) is 0.533. The summed E-state index contributed by atoms with van der Waals surface area (Å²) in [5, 5.41) is 0. The summed E-state index contributed by atoms with van der Waals surface area (Å²) in [5.41, 5.74) is 2.01. The van der Waals surface area contributed by atoms with Gasteiger partial charge in [-0.25, -0.2) is 4.39 Å². The van der Waals surface area contributed by atoms with Crippen molar-refractivity contribution in [3.05, 3.63) is 28.8 Å². The van der Waals surface area contributed by atoms with E-state index in [2.05, 4.69) is 28.4 Å². The molecule has 1 N–H and O–H groups in total. The zero-order valence-electron chi connectivity index (χ0n) is 11.9. The maximum atomic E-state index is 13.5. The Bertz CT molecular complexity index is 680. The van der Waals surface area contributed by atoms with Crippen LogP contribution in [0.5, 0.6) is 0 Å². The van der Waals surface area contributed by atoms with Crippen LogP contribution in [0.25, 0.3) is 11.0 Å². The largest absolute Gasteiger partial charge is 0.331 e. The van der Waals surface area contributed by atoms with E-state index in [-0.39, 0.29) is 11.2 Å². The van der Waals surface area contributed by atoms with E-state index >= 15 is 0 Å². The lowest BCUT2D eigenvalue weighted by Gasteiger charge is -2.38. The van der Waals surface area contributed by atoms with Crippen molar-refractivity contribution in [1.29, 1.82) is 0 Å². The molecule has 1 aliphatic heterocycles. The first kappa shape index (κ1) is 13.8. The molecule has 2 aromatic rings. The number of aromatic nitrogens is 2. The zero-order chi connectivity index (χ0) is 14.3. The van der Waals surface area contributed by atoms with Gasteiger partial charge in [0.1, 0.15) is 5.82 Å². The number of nitrogens with zero attached hydrogens (tertiary/aromatic N) is 2. The second-order valence-corrected chi connectivity index (χ2v) is 6.68. The van der Waals surface area contributed by atoms with E-state index in [1.807, 2.05) is 0 Å². The van der Waals surface area contributed by atoms with Crippen molar-refractivity contribution in [1.82, 2.24) is 14.5 Å². The Kier molecular flexibility index (Phi) is 3.42. The molecule has 5 heteroatoms. The van der Waals surface area contributed by atoms with Gasteiger partial charge in [-0.05, 0) is 68.8 Å². The summed E-state index contributed by atoms with van der Waals surface area (Å²) in [6.07, 6.45) is 2.29. The van der Waals surface area contributed by atoms with Crippen molar-refractivity contribution in [2.24, 2.45) is 5.41 Å². The Balaban J connectivity index is 1.96. The van der Waals surface area contributed by atoms with E-state index in [0.29, 0.717) is 4.77 Å². The predicted octanol–water partition coefficient (Wildman–Crippen LogP) is 3.57. The average molecular weight is 293 g/mol. The van der Waals surface area contributed by atoms with Crippen LogP contribution in [-0.2, 0) is 6.54 Å². The quantitative estimate of drug-likeness (QED) is 0.856. The zero-order valence-corrected chi connectivity index (χ0v) is 12.8. The summed E-state index contributed by atoms with van der Waals surface area (Å²) in [7, 11) is 2.16. The average Bonchev–Trinajstić information content (AvgIpc) is 2.70. The van der Waals surface area contributed by atoms with E-state index in [1.165, 1.54) is 6.07 Å². The van der Waals surface area contributed by atoms with Gasteiger partial charge in [0.05, 0.1) is 11.0 Å². The maximum absolute atomic E-state index is 13.5. The molecule has 108 valence electrons. The summed E-state index contributed by atoms with van der Waals surface area (Å²) >= 11 is 5.41. The summed E-state index contributed by atoms with van der Waals surface area (Å²) in [6, 6.07) is 4.79. The number of hydrogen-bond acceptors (Lipinski definition) is 2.